The van der Waals surface area contributed by atoms with Gasteiger partial charge in [-0.15, -0.1) is 0 Å². The average Bonchev–Trinajstić information content (AvgIpc) is 2.71. The van der Waals surface area contributed by atoms with Gasteiger partial charge in [-0.05, 0) is 67.9 Å². The molecule has 0 aliphatic rings. The van der Waals surface area contributed by atoms with Crippen LogP contribution in [0.25, 0.3) is 16.6 Å². The Morgan fingerprint density at radius 3 is 2.45 bits per heavy atom. The lowest BCUT2D eigenvalue weighted by Gasteiger charge is -2.15. The number of benzene rings is 3. The van der Waals surface area contributed by atoms with Crippen LogP contribution in [0.1, 0.15) is 11.4 Å². The van der Waals surface area contributed by atoms with Gasteiger partial charge in [0.1, 0.15) is 10.7 Å². The lowest BCUT2D eigenvalue weighted by molar-refractivity contribution is 0.601. The van der Waals surface area contributed by atoms with E-state index in [1.165, 1.54) is 22.8 Å². The van der Waals surface area contributed by atoms with E-state index < -0.39 is 10.0 Å². The minimum Gasteiger partial charge on any atom is -0.279 e. The monoisotopic (exact) mass is 473 g/mol. The lowest BCUT2D eigenvalue weighted by Crippen LogP contribution is -2.22. The number of hydrogen-bond donors (Lipinski definition) is 1. The molecule has 0 aliphatic heterocycles. The van der Waals surface area contributed by atoms with Gasteiger partial charge in [0.05, 0.1) is 27.3 Å². The van der Waals surface area contributed by atoms with Gasteiger partial charge in [-0.1, -0.05) is 35.3 Å². The van der Waals surface area contributed by atoms with Crippen molar-refractivity contribution in [3.05, 3.63) is 92.5 Å². The van der Waals surface area contributed by atoms with Crippen LogP contribution in [-0.4, -0.2) is 18.0 Å². The summed E-state index contributed by atoms with van der Waals surface area (Å²) in [5, 5.41) is 0.831. The fourth-order valence-corrected chi connectivity index (χ4v) is 5.23. The Kier molecular flexibility index (Phi) is 5.51. The summed E-state index contributed by atoms with van der Waals surface area (Å²) in [5.41, 5.74) is 2.00. The van der Waals surface area contributed by atoms with Crippen molar-refractivity contribution in [2.75, 3.05) is 4.72 Å². The Balaban J connectivity index is 1.75. The minimum absolute atomic E-state index is 0.0654. The van der Waals surface area contributed by atoms with Crippen molar-refractivity contribution in [1.82, 2.24) is 9.55 Å². The maximum Gasteiger partial charge on any atom is 0.265 e. The molecule has 0 bridgehead atoms. The van der Waals surface area contributed by atoms with Crippen molar-refractivity contribution in [2.24, 2.45) is 0 Å². The third kappa shape index (κ3) is 4.04. The van der Waals surface area contributed by atoms with Gasteiger partial charge in [0.2, 0.25) is 0 Å². The molecule has 6 nitrogen and oxygen atoms in total. The van der Waals surface area contributed by atoms with Crippen LogP contribution < -0.4 is 10.3 Å². The largest absolute Gasteiger partial charge is 0.279 e. The van der Waals surface area contributed by atoms with E-state index in [9.17, 15) is 13.2 Å². The summed E-state index contributed by atoms with van der Waals surface area (Å²) in [5.74, 6) is 0.530. The van der Waals surface area contributed by atoms with Crippen molar-refractivity contribution in [3.63, 3.8) is 0 Å². The van der Waals surface area contributed by atoms with Crippen molar-refractivity contribution >= 4 is 49.8 Å². The average molecular weight is 474 g/mol. The molecule has 0 spiro atoms. The molecule has 0 saturated carbocycles. The third-order valence-corrected chi connectivity index (χ3v) is 6.92. The van der Waals surface area contributed by atoms with E-state index in [0.717, 1.165) is 0 Å². The molecule has 0 atom stereocenters. The van der Waals surface area contributed by atoms with Crippen LogP contribution in [0.4, 0.5) is 5.69 Å². The molecule has 0 aliphatic carbocycles. The number of fused-ring (bicyclic) bond motifs is 1. The molecule has 1 heterocycles. The van der Waals surface area contributed by atoms with Gasteiger partial charge in [0.25, 0.3) is 15.6 Å². The number of rotatable bonds is 4. The Bertz CT molecular complexity index is 1500. The molecule has 158 valence electrons. The molecule has 4 aromatic rings. The first-order valence-electron chi connectivity index (χ1n) is 9.25. The standard InChI is InChI=1S/C22H17Cl2N3O3S/c1-13-11-16(27-14(2)25-20-6-4-3-5-17(20)22(27)28)8-10-19(13)26-31(29,30)21-12-15(23)7-9-18(21)24/h3-12,26H,1-2H3. The molecule has 1 N–H and O–H groups in total. The Morgan fingerprint density at radius 2 is 1.71 bits per heavy atom. The number of anilines is 1. The Labute approximate surface area is 189 Å². The number of nitrogens with zero attached hydrogens (tertiary/aromatic N) is 2. The molecule has 0 radical (unpaired) electrons. The fraction of sp³-hybridized carbons (Fsp3) is 0.0909. The number of aromatic nitrogens is 2. The van der Waals surface area contributed by atoms with E-state index in [0.29, 0.717) is 33.7 Å². The molecule has 0 saturated heterocycles. The number of halogens is 2. The van der Waals surface area contributed by atoms with E-state index in [-0.39, 0.29) is 20.5 Å². The molecule has 4 rings (SSSR count). The molecule has 0 unspecified atom stereocenters. The van der Waals surface area contributed by atoms with Crippen LogP contribution >= 0.6 is 23.2 Å². The van der Waals surface area contributed by atoms with Gasteiger partial charge in [0, 0.05) is 5.02 Å². The first kappa shape index (κ1) is 21.4. The van der Waals surface area contributed by atoms with Crippen LogP contribution in [0.3, 0.4) is 0 Å². The third-order valence-electron chi connectivity index (χ3n) is 4.84. The van der Waals surface area contributed by atoms with E-state index >= 15 is 0 Å². The highest BCUT2D eigenvalue weighted by Gasteiger charge is 2.20. The van der Waals surface area contributed by atoms with E-state index in [2.05, 4.69) is 9.71 Å². The number of sulfonamides is 1. The minimum atomic E-state index is -3.96. The van der Waals surface area contributed by atoms with Crippen molar-refractivity contribution in [1.29, 1.82) is 0 Å². The highest BCUT2D eigenvalue weighted by Crippen LogP contribution is 2.28. The zero-order valence-electron chi connectivity index (χ0n) is 16.6. The summed E-state index contributed by atoms with van der Waals surface area (Å²) in [6, 6.07) is 16.4. The van der Waals surface area contributed by atoms with Crippen molar-refractivity contribution in [2.45, 2.75) is 18.7 Å². The quantitative estimate of drug-likeness (QED) is 0.446. The Morgan fingerprint density at radius 1 is 0.968 bits per heavy atom. The zero-order valence-corrected chi connectivity index (χ0v) is 18.9. The predicted octanol–water partition coefficient (Wildman–Crippen LogP) is 5.11. The zero-order chi connectivity index (χ0) is 22.3. The molecule has 3 aromatic carbocycles. The van der Waals surface area contributed by atoms with Gasteiger partial charge < -0.3 is 0 Å². The lowest BCUT2D eigenvalue weighted by atomic mass is 10.1. The second-order valence-corrected chi connectivity index (χ2v) is 9.49. The maximum atomic E-state index is 13.0. The SMILES string of the molecule is Cc1cc(-n2c(C)nc3ccccc3c2=O)ccc1NS(=O)(=O)c1cc(Cl)ccc1Cl. The van der Waals surface area contributed by atoms with E-state index in [1.54, 1.807) is 50.2 Å². The highest BCUT2D eigenvalue weighted by molar-refractivity contribution is 7.92. The second kappa shape index (κ2) is 8.00. The molecule has 9 heteroatoms. The van der Waals surface area contributed by atoms with E-state index in [4.69, 9.17) is 23.2 Å². The second-order valence-electron chi connectivity index (χ2n) is 7.00. The van der Waals surface area contributed by atoms with Gasteiger partial charge in [-0.2, -0.15) is 0 Å². The summed E-state index contributed by atoms with van der Waals surface area (Å²) in [7, 11) is -3.96. The number of hydrogen-bond acceptors (Lipinski definition) is 4. The number of nitrogens with one attached hydrogen (secondary N) is 1. The topological polar surface area (TPSA) is 81.1 Å². The molecule has 31 heavy (non-hydrogen) atoms. The summed E-state index contributed by atoms with van der Waals surface area (Å²) >= 11 is 12.0. The first-order valence-corrected chi connectivity index (χ1v) is 11.5. The normalized spacial score (nSPS) is 11.6. The highest BCUT2D eigenvalue weighted by atomic mass is 35.5. The maximum absolute atomic E-state index is 13.0. The molecule has 1 aromatic heterocycles. The van der Waals surface area contributed by atoms with Gasteiger partial charge in [-0.25, -0.2) is 13.4 Å². The molecular formula is C22H17Cl2N3O3S. The van der Waals surface area contributed by atoms with Crippen LogP contribution in [0, 0.1) is 13.8 Å². The molecule has 0 fully saturated rings. The molecule has 0 amide bonds. The van der Waals surface area contributed by atoms with Crippen molar-refractivity contribution < 1.29 is 8.42 Å². The Hall–Kier alpha value is -2.87. The van der Waals surface area contributed by atoms with Gasteiger partial charge in [0.15, 0.2) is 0 Å². The van der Waals surface area contributed by atoms with Crippen LogP contribution in [-0.2, 0) is 10.0 Å². The fourth-order valence-electron chi connectivity index (χ4n) is 3.33. The van der Waals surface area contributed by atoms with Gasteiger partial charge in [-0.3, -0.25) is 14.1 Å². The number of aryl methyl sites for hydroxylation is 2. The van der Waals surface area contributed by atoms with E-state index in [1.807, 2.05) is 6.07 Å². The summed E-state index contributed by atoms with van der Waals surface area (Å²) in [6.07, 6.45) is 0. The van der Waals surface area contributed by atoms with Crippen molar-refractivity contribution in [3.8, 4) is 5.69 Å². The predicted molar refractivity (Wildman–Crippen MR) is 124 cm³/mol. The smallest absolute Gasteiger partial charge is 0.265 e. The van der Waals surface area contributed by atoms with Crippen LogP contribution in [0.5, 0.6) is 0 Å². The van der Waals surface area contributed by atoms with Crippen LogP contribution in [0.2, 0.25) is 10.0 Å². The summed E-state index contributed by atoms with van der Waals surface area (Å²) < 4.78 is 29.7. The molecular weight excluding hydrogens is 457 g/mol. The summed E-state index contributed by atoms with van der Waals surface area (Å²) in [6.45, 7) is 3.50. The first-order chi connectivity index (χ1) is 14.7. The summed E-state index contributed by atoms with van der Waals surface area (Å²) in [4.78, 5) is 17.4. The number of para-hydroxylation sites is 1. The van der Waals surface area contributed by atoms with Gasteiger partial charge >= 0.3 is 0 Å². The van der Waals surface area contributed by atoms with Crippen LogP contribution in [0.15, 0.2) is 70.4 Å².